The zero-order chi connectivity index (χ0) is 14.5. The fourth-order valence-corrected chi connectivity index (χ4v) is 3.85. The van der Waals surface area contributed by atoms with Gasteiger partial charge in [0, 0.05) is 25.7 Å². The second-order valence-electron chi connectivity index (χ2n) is 6.69. The maximum absolute atomic E-state index is 6.44. The van der Waals surface area contributed by atoms with E-state index < -0.39 is 0 Å². The second kappa shape index (κ2) is 6.93. The number of nitrogens with one attached hydrogen (secondary N) is 1. The summed E-state index contributed by atoms with van der Waals surface area (Å²) in [6, 6.07) is 0. The predicted octanol–water partition coefficient (Wildman–Crippen LogP) is 2.92. The zero-order valence-corrected chi connectivity index (χ0v) is 13.3. The van der Waals surface area contributed by atoms with Crippen molar-refractivity contribution < 1.29 is 4.74 Å². The maximum Gasteiger partial charge on any atom is 0.0950 e. The molecule has 0 amide bonds. The van der Waals surface area contributed by atoms with Crippen LogP contribution < -0.4 is 5.32 Å². The smallest absolute Gasteiger partial charge is 0.0950 e. The van der Waals surface area contributed by atoms with Crippen molar-refractivity contribution in [3.63, 3.8) is 0 Å². The lowest BCUT2D eigenvalue weighted by atomic mass is 9.83. The monoisotopic (exact) mass is 291 g/mol. The van der Waals surface area contributed by atoms with Crippen molar-refractivity contribution in [1.82, 2.24) is 14.9 Å². The van der Waals surface area contributed by atoms with E-state index in [4.69, 9.17) is 4.74 Å². The average molecular weight is 291 g/mol. The Hall–Kier alpha value is -0.870. The minimum absolute atomic E-state index is 0.234. The minimum atomic E-state index is 0.234. The van der Waals surface area contributed by atoms with Crippen LogP contribution in [0.15, 0.2) is 12.5 Å². The summed E-state index contributed by atoms with van der Waals surface area (Å²) < 4.78 is 8.66. The van der Waals surface area contributed by atoms with Crippen molar-refractivity contribution in [2.75, 3.05) is 13.1 Å². The molecular formula is C17H29N3O. The third kappa shape index (κ3) is 3.86. The number of ether oxygens (including phenoxy) is 1. The topological polar surface area (TPSA) is 39.1 Å². The first-order valence-corrected chi connectivity index (χ1v) is 8.69. The lowest BCUT2D eigenvalue weighted by molar-refractivity contribution is -0.0679. The van der Waals surface area contributed by atoms with Gasteiger partial charge in [-0.3, -0.25) is 0 Å². The van der Waals surface area contributed by atoms with Crippen molar-refractivity contribution in [2.24, 2.45) is 0 Å². The molecule has 4 heteroatoms. The molecule has 1 atom stereocenters. The fourth-order valence-electron chi connectivity index (χ4n) is 3.85. The molecule has 2 aliphatic rings. The van der Waals surface area contributed by atoms with Gasteiger partial charge in [0.25, 0.3) is 0 Å². The Labute approximate surface area is 128 Å². The predicted molar refractivity (Wildman–Crippen MR) is 84.4 cm³/mol. The number of hydrogen-bond donors (Lipinski definition) is 1. The molecule has 2 heterocycles. The summed E-state index contributed by atoms with van der Waals surface area (Å²) in [6.45, 7) is 5.14. The van der Waals surface area contributed by atoms with Crippen LogP contribution in [0.2, 0.25) is 0 Å². The van der Waals surface area contributed by atoms with Crippen LogP contribution in [0.1, 0.15) is 57.6 Å². The zero-order valence-electron chi connectivity index (χ0n) is 13.3. The Morgan fingerprint density at radius 2 is 2.19 bits per heavy atom. The van der Waals surface area contributed by atoms with Gasteiger partial charge in [0.1, 0.15) is 0 Å². The van der Waals surface area contributed by atoms with Gasteiger partial charge in [-0.2, -0.15) is 0 Å². The van der Waals surface area contributed by atoms with Crippen LogP contribution in [0.4, 0.5) is 0 Å². The van der Waals surface area contributed by atoms with Gasteiger partial charge in [-0.1, -0.05) is 26.2 Å². The van der Waals surface area contributed by atoms with Crippen molar-refractivity contribution >= 4 is 0 Å². The molecule has 1 N–H and O–H groups in total. The Morgan fingerprint density at radius 1 is 1.33 bits per heavy atom. The Bertz CT molecular complexity index is 437. The molecule has 0 radical (unpaired) electrons. The highest BCUT2D eigenvalue weighted by Crippen LogP contribution is 2.42. The number of aromatic nitrogens is 2. The largest absolute Gasteiger partial charge is 0.370 e. The number of nitrogens with zero attached hydrogens (tertiary/aromatic N) is 2. The summed E-state index contributed by atoms with van der Waals surface area (Å²) >= 11 is 0. The van der Waals surface area contributed by atoms with E-state index in [0.29, 0.717) is 6.10 Å². The van der Waals surface area contributed by atoms with E-state index in [1.54, 1.807) is 0 Å². The van der Waals surface area contributed by atoms with E-state index in [1.165, 1.54) is 50.6 Å². The molecule has 1 aliphatic carbocycles. The first kappa shape index (κ1) is 15.0. The highest BCUT2D eigenvalue weighted by molar-refractivity contribution is 4.98. The van der Waals surface area contributed by atoms with E-state index >= 15 is 0 Å². The molecule has 2 fully saturated rings. The van der Waals surface area contributed by atoms with Gasteiger partial charge in [0.15, 0.2) is 0 Å². The molecule has 0 bridgehead atoms. The van der Waals surface area contributed by atoms with Gasteiger partial charge in [-0.05, 0) is 32.2 Å². The van der Waals surface area contributed by atoms with Crippen LogP contribution in [0.3, 0.4) is 0 Å². The minimum Gasteiger partial charge on any atom is -0.370 e. The van der Waals surface area contributed by atoms with Crippen molar-refractivity contribution in [3.05, 3.63) is 18.2 Å². The van der Waals surface area contributed by atoms with E-state index in [-0.39, 0.29) is 5.60 Å². The van der Waals surface area contributed by atoms with Gasteiger partial charge < -0.3 is 14.6 Å². The van der Waals surface area contributed by atoms with Gasteiger partial charge in [0.05, 0.1) is 23.7 Å². The summed E-state index contributed by atoms with van der Waals surface area (Å²) in [7, 11) is 0. The van der Waals surface area contributed by atoms with Crippen LogP contribution in [-0.4, -0.2) is 34.3 Å². The summed E-state index contributed by atoms with van der Waals surface area (Å²) in [5.74, 6) is 0. The van der Waals surface area contributed by atoms with Crippen LogP contribution >= 0.6 is 0 Å². The molecule has 1 unspecified atom stereocenters. The summed E-state index contributed by atoms with van der Waals surface area (Å²) in [6.07, 6.45) is 14.7. The van der Waals surface area contributed by atoms with Gasteiger partial charge >= 0.3 is 0 Å². The highest BCUT2D eigenvalue weighted by Gasteiger charge is 2.40. The molecule has 1 aromatic heterocycles. The van der Waals surface area contributed by atoms with Crippen molar-refractivity contribution in [3.8, 4) is 0 Å². The first-order chi connectivity index (χ1) is 10.3. The molecule has 1 saturated heterocycles. The molecule has 1 aromatic rings. The van der Waals surface area contributed by atoms with Crippen LogP contribution in [0, 0.1) is 0 Å². The maximum atomic E-state index is 6.44. The van der Waals surface area contributed by atoms with Crippen molar-refractivity contribution in [1.29, 1.82) is 0 Å². The van der Waals surface area contributed by atoms with Crippen LogP contribution in [0.5, 0.6) is 0 Å². The molecule has 3 rings (SSSR count). The summed E-state index contributed by atoms with van der Waals surface area (Å²) in [5.41, 5.74) is 1.42. The van der Waals surface area contributed by atoms with Gasteiger partial charge in [-0.15, -0.1) is 0 Å². The molecule has 0 aromatic carbocycles. The van der Waals surface area contributed by atoms with E-state index in [9.17, 15) is 0 Å². The molecule has 21 heavy (non-hydrogen) atoms. The lowest BCUT2D eigenvalue weighted by Crippen LogP contribution is -2.32. The van der Waals surface area contributed by atoms with Gasteiger partial charge in [0.2, 0.25) is 0 Å². The number of likely N-dealkylation sites (N-methyl/N-ethyl adjacent to an activating group) is 1. The third-order valence-electron chi connectivity index (χ3n) is 5.01. The average Bonchev–Trinajstić information content (AvgIpc) is 3.09. The van der Waals surface area contributed by atoms with Crippen LogP contribution in [0.25, 0.3) is 0 Å². The number of hydrogen-bond acceptors (Lipinski definition) is 3. The molecule has 1 spiro atoms. The molecule has 118 valence electrons. The highest BCUT2D eigenvalue weighted by atomic mass is 16.5. The summed E-state index contributed by atoms with van der Waals surface area (Å²) in [5, 5.41) is 3.34. The summed E-state index contributed by atoms with van der Waals surface area (Å²) in [4.78, 5) is 4.50. The molecule has 4 nitrogen and oxygen atoms in total. The Kier molecular flexibility index (Phi) is 4.96. The standard InChI is InChI=1S/C17H29N3O/c1-2-18-11-7-15-12-20(14-19-15)13-16-6-10-17(21-16)8-4-3-5-9-17/h12,14,16,18H,2-11,13H2,1H3. The normalized spacial score (nSPS) is 24.7. The lowest BCUT2D eigenvalue weighted by Gasteiger charge is -2.33. The molecule has 1 aliphatic heterocycles. The SMILES string of the molecule is CCNCCc1cn(CC2CCC3(CCCCC3)O2)cn1. The van der Waals surface area contributed by atoms with E-state index in [1.807, 2.05) is 6.33 Å². The van der Waals surface area contributed by atoms with E-state index in [2.05, 4.69) is 28.0 Å². The van der Waals surface area contributed by atoms with E-state index in [0.717, 1.165) is 26.1 Å². The Balaban J connectivity index is 1.48. The first-order valence-electron chi connectivity index (χ1n) is 8.69. The quantitative estimate of drug-likeness (QED) is 0.819. The number of imidazole rings is 1. The van der Waals surface area contributed by atoms with Crippen molar-refractivity contribution in [2.45, 2.75) is 76.5 Å². The molecular weight excluding hydrogens is 262 g/mol. The fraction of sp³-hybridized carbons (Fsp3) is 0.824. The Morgan fingerprint density at radius 3 is 3.00 bits per heavy atom. The third-order valence-corrected chi connectivity index (χ3v) is 5.01. The molecule has 1 saturated carbocycles. The van der Waals surface area contributed by atoms with Crippen LogP contribution in [-0.2, 0) is 17.7 Å². The number of rotatable bonds is 6. The second-order valence-corrected chi connectivity index (χ2v) is 6.69. The van der Waals surface area contributed by atoms with Gasteiger partial charge in [-0.25, -0.2) is 4.98 Å².